The van der Waals surface area contributed by atoms with Crippen LogP contribution in [0.25, 0.3) is 6.08 Å². The number of nitrogens with zero attached hydrogens (tertiary/aromatic N) is 1. The van der Waals surface area contributed by atoms with Crippen LogP contribution in [0.5, 0.6) is 0 Å². The van der Waals surface area contributed by atoms with E-state index in [1.165, 1.54) is 12.5 Å². The molecule has 1 fully saturated rings. The van der Waals surface area contributed by atoms with Crippen molar-refractivity contribution in [1.29, 1.82) is 0 Å². The van der Waals surface area contributed by atoms with Crippen LogP contribution in [0.15, 0.2) is 59.0 Å². The van der Waals surface area contributed by atoms with E-state index in [1.54, 1.807) is 36.4 Å². The van der Waals surface area contributed by atoms with Gasteiger partial charge in [-0.3, -0.25) is 4.79 Å². The van der Waals surface area contributed by atoms with Gasteiger partial charge >= 0.3 is 6.03 Å². The van der Waals surface area contributed by atoms with Gasteiger partial charge in [0.2, 0.25) is 0 Å². The quantitative estimate of drug-likeness (QED) is 0.661. The van der Waals surface area contributed by atoms with Crippen molar-refractivity contribution >= 4 is 23.7 Å². The van der Waals surface area contributed by atoms with Gasteiger partial charge in [-0.15, -0.1) is 0 Å². The van der Waals surface area contributed by atoms with Gasteiger partial charge in [0.05, 0.1) is 18.2 Å². The molecule has 19 heavy (non-hydrogen) atoms. The molecule has 5 heteroatoms. The molecule has 0 radical (unpaired) electrons. The molecule has 3 rings (SSSR count). The van der Waals surface area contributed by atoms with Crippen LogP contribution in [0.2, 0.25) is 0 Å². The van der Waals surface area contributed by atoms with E-state index in [0.29, 0.717) is 5.69 Å². The van der Waals surface area contributed by atoms with E-state index in [0.717, 1.165) is 10.5 Å². The molecule has 1 aliphatic rings. The van der Waals surface area contributed by atoms with Gasteiger partial charge in [0.15, 0.2) is 0 Å². The molecule has 1 aliphatic heterocycles. The van der Waals surface area contributed by atoms with Crippen LogP contribution >= 0.6 is 0 Å². The van der Waals surface area contributed by atoms with Crippen molar-refractivity contribution in [3.05, 3.63) is 60.2 Å². The first kappa shape index (κ1) is 11.3. The normalized spacial score (nSPS) is 17.1. The number of rotatable bonds is 2. The Morgan fingerprint density at radius 1 is 1.11 bits per heavy atom. The summed E-state index contributed by atoms with van der Waals surface area (Å²) in [6, 6.07) is 10.0. The predicted molar refractivity (Wildman–Crippen MR) is 69.1 cm³/mol. The number of carbonyl (C=O) groups excluding carboxylic acids is 2. The van der Waals surface area contributed by atoms with Gasteiger partial charge in [-0.05, 0) is 24.3 Å². The summed E-state index contributed by atoms with van der Waals surface area (Å²) in [6.07, 6.45) is 4.58. The molecule has 1 aromatic heterocycles. The van der Waals surface area contributed by atoms with Gasteiger partial charge in [-0.1, -0.05) is 18.2 Å². The zero-order valence-electron chi connectivity index (χ0n) is 9.87. The summed E-state index contributed by atoms with van der Waals surface area (Å²) in [5.74, 6) is -0.377. The van der Waals surface area contributed by atoms with E-state index < -0.39 is 6.03 Å². The van der Waals surface area contributed by atoms with Crippen molar-refractivity contribution in [1.82, 2.24) is 5.32 Å². The number of anilines is 1. The number of imide groups is 1. The summed E-state index contributed by atoms with van der Waals surface area (Å²) in [6.45, 7) is 0. The fraction of sp³-hybridized carbons (Fsp3) is 0. The minimum Gasteiger partial charge on any atom is -0.472 e. The molecule has 0 aliphatic carbocycles. The molecular weight excluding hydrogens is 244 g/mol. The fourth-order valence-electron chi connectivity index (χ4n) is 1.87. The minimum atomic E-state index is -0.453. The minimum absolute atomic E-state index is 0.232. The van der Waals surface area contributed by atoms with E-state index in [9.17, 15) is 9.59 Å². The highest BCUT2D eigenvalue weighted by molar-refractivity contribution is 6.28. The lowest BCUT2D eigenvalue weighted by atomic mass is 10.2. The number of hydrogen-bond donors (Lipinski definition) is 1. The van der Waals surface area contributed by atoms with Gasteiger partial charge < -0.3 is 9.73 Å². The van der Waals surface area contributed by atoms with Crippen molar-refractivity contribution < 1.29 is 14.0 Å². The number of nitrogens with one attached hydrogen (secondary N) is 1. The Bertz CT molecular complexity index is 645. The third-order valence-corrected chi connectivity index (χ3v) is 2.75. The maximum atomic E-state index is 12.2. The number of para-hydroxylation sites is 1. The molecule has 0 saturated carbocycles. The highest BCUT2D eigenvalue weighted by atomic mass is 16.3. The van der Waals surface area contributed by atoms with Crippen molar-refractivity contribution in [2.75, 3.05) is 4.90 Å². The molecule has 94 valence electrons. The lowest BCUT2D eigenvalue weighted by Gasteiger charge is -2.10. The van der Waals surface area contributed by atoms with E-state index >= 15 is 0 Å². The Kier molecular flexibility index (Phi) is 2.64. The van der Waals surface area contributed by atoms with Crippen LogP contribution in [0, 0.1) is 0 Å². The second kappa shape index (κ2) is 4.45. The maximum Gasteiger partial charge on any atom is 0.333 e. The highest BCUT2D eigenvalue weighted by Crippen LogP contribution is 2.21. The molecular formula is C14H10N2O3. The van der Waals surface area contributed by atoms with Crippen LogP contribution in [-0.4, -0.2) is 11.9 Å². The van der Waals surface area contributed by atoms with Crippen LogP contribution in [0.3, 0.4) is 0 Å². The zero-order chi connectivity index (χ0) is 13.2. The van der Waals surface area contributed by atoms with Gasteiger partial charge in [-0.25, -0.2) is 9.69 Å². The molecule has 2 aromatic rings. The molecule has 1 saturated heterocycles. The smallest absolute Gasteiger partial charge is 0.333 e. The number of carbonyl (C=O) groups is 2. The Morgan fingerprint density at radius 2 is 1.89 bits per heavy atom. The molecule has 1 N–H and O–H groups in total. The zero-order valence-corrected chi connectivity index (χ0v) is 9.87. The fourth-order valence-corrected chi connectivity index (χ4v) is 1.87. The first-order valence-electron chi connectivity index (χ1n) is 5.70. The van der Waals surface area contributed by atoms with Crippen LogP contribution in [0.1, 0.15) is 5.56 Å². The summed E-state index contributed by atoms with van der Waals surface area (Å²) in [5.41, 5.74) is 1.49. The number of furan rings is 1. The van der Waals surface area contributed by atoms with Crippen molar-refractivity contribution in [3.63, 3.8) is 0 Å². The van der Waals surface area contributed by atoms with Crippen LogP contribution in [0.4, 0.5) is 10.5 Å². The van der Waals surface area contributed by atoms with E-state index in [-0.39, 0.29) is 11.6 Å². The predicted octanol–water partition coefficient (Wildman–Crippen LogP) is 2.38. The lowest BCUT2D eigenvalue weighted by molar-refractivity contribution is -0.113. The highest BCUT2D eigenvalue weighted by Gasteiger charge is 2.34. The largest absolute Gasteiger partial charge is 0.472 e. The monoisotopic (exact) mass is 254 g/mol. The lowest BCUT2D eigenvalue weighted by Crippen LogP contribution is -2.30. The number of urea groups is 1. The molecule has 2 heterocycles. The molecule has 0 atom stereocenters. The van der Waals surface area contributed by atoms with E-state index in [4.69, 9.17) is 4.42 Å². The van der Waals surface area contributed by atoms with Crippen LogP contribution in [-0.2, 0) is 4.79 Å². The SMILES string of the molecule is O=C1N/C(=C/c2ccoc2)C(=O)N1c1ccccc1. The summed E-state index contributed by atoms with van der Waals surface area (Å²) in [7, 11) is 0. The summed E-state index contributed by atoms with van der Waals surface area (Å²) < 4.78 is 4.92. The van der Waals surface area contributed by atoms with Gasteiger partial charge in [-0.2, -0.15) is 0 Å². The average Bonchev–Trinajstić information content (AvgIpc) is 3.01. The van der Waals surface area contributed by atoms with Crippen LogP contribution < -0.4 is 10.2 Å². The first-order valence-corrected chi connectivity index (χ1v) is 5.70. The molecule has 0 bridgehead atoms. The Labute approximate surface area is 109 Å². The Balaban J connectivity index is 1.94. The Hall–Kier alpha value is -2.82. The third-order valence-electron chi connectivity index (χ3n) is 2.75. The number of hydrogen-bond acceptors (Lipinski definition) is 3. The molecule has 0 unspecified atom stereocenters. The van der Waals surface area contributed by atoms with Gasteiger partial charge in [0.1, 0.15) is 5.70 Å². The van der Waals surface area contributed by atoms with Gasteiger partial charge in [0.25, 0.3) is 5.91 Å². The standard InChI is InChI=1S/C14H10N2O3/c17-13-12(8-10-6-7-19-9-10)15-14(18)16(13)11-4-2-1-3-5-11/h1-9H,(H,15,18)/b12-8+. The van der Waals surface area contributed by atoms with E-state index in [2.05, 4.69) is 5.32 Å². The van der Waals surface area contributed by atoms with Crippen molar-refractivity contribution in [2.45, 2.75) is 0 Å². The Morgan fingerprint density at radius 3 is 2.58 bits per heavy atom. The summed E-state index contributed by atoms with van der Waals surface area (Å²) >= 11 is 0. The third kappa shape index (κ3) is 2.01. The first-order chi connectivity index (χ1) is 9.25. The average molecular weight is 254 g/mol. The van der Waals surface area contributed by atoms with Crippen molar-refractivity contribution in [2.24, 2.45) is 0 Å². The summed E-state index contributed by atoms with van der Waals surface area (Å²) in [5, 5.41) is 2.55. The molecule has 1 aromatic carbocycles. The van der Waals surface area contributed by atoms with Crippen molar-refractivity contribution in [3.8, 4) is 0 Å². The molecule has 0 spiro atoms. The second-order valence-electron chi connectivity index (χ2n) is 4.02. The van der Waals surface area contributed by atoms with Gasteiger partial charge in [0, 0.05) is 5.56 Å². The second-order valence-corrected chi connectivity index (χ2v) is 4.02. The molecule has 3 amide bonds. The maximum absolute atomic E-state index is 12.2. The van der Waals surface area contributed by atoms with E-state index in [1.807, 2.05) is 6.07 Å². The summed E-state index contributed by atoms with van der Waals surface area (Å²) in [4.78, 5) is 25.1. The number of amides is 3. The topological polar surface area (TPSA) is 62.6 Å². The molecule has 5 nitrogen and oxygen atoms in total. The number of benzene rings is 1.